The molecule has 106 valence electrons. The summed E-state index contributed by atoms with van der Waals surface area (Å²) >= 11 is 0. The van der Waals surface area contributed by atoms with Crippen LogP contribution in [0.3, 0.4) is 0 Å². The number of nitrogens with one attached hydrogen (secondary N) is 2. The van der Waals surface area contributed by atoms with E-state index in [1.165, 1.54) is 0 Å². The van der Waals surface area contributed by atoms with Crippen molar-refractivity contribution in [2.75, 3.05) is 19.8 Å². The van der Waals surface area contributed by atoms with Crippen molar-refractivity contribution < 1.29 is 14.1 Å². The van der Waals surface area contributed by atoms with E-state index in [0.29, 0.717) is 25.5 Å². The quantitative estimate of drug-likeness (QED) is 0.790. The van der Waals surface area contributed by atoms with Gasteiger partial charge in [0.05, 0.1) is 31.4 Å². The first-order valence-corrected chi connectivity index (χ1v) is 6.71. The van der Waals surface area contributed by atoms with Gasteiger partial charge in [0, 0.05) is 12.1 Å². The normalized spacial score (nSPS) is 22.6. The fourth-order valence-corrected chi connectivity index (χ4v) is 2.15. The summed E-state index contributed by atoms with van der Waals surface area (Å²) in [4.78, 5) is 12.1. The highest BCUT2D eigenvalue weighted by Gasteiger charge is 2.33. The van der Waals surface area contributed by atoms with E-state index in [2.05, 4.69) is 22.7 Å². The van der Waals surface area contributed by atoms with Gasteiger partial charge in [0.1, 0.15) is 0 Å². The van der Waals surface area contributed by atoms with E-state index in [9.17, 15) is 4.79 Å². The van der Waals surface area contributed by atoms with Crippen molar-refractivity contribution >= 4 is 5.91 Å². The molecule has 0 bridgehead atoms. The molecule has 0 spiro atoms. The number of hydrogen-bond donors (Lipinski definition) is 2. The van der Waals surface area contributed by atoms with E-state index in [0.717, 1.165) is 18.7 Å². The maximum absolute atomic E-state index is 12.1. The minimum Gasteiger partial charge on any atom is -0.379 e. The summed E-state index contributed by atoms with van der Waals surface area (Å²) in [6.45, 7) is 6.30. The average molecular weight is 267 g/mol. The number of aromatic nitrogens is 1. The van der Waals surface area contributed by atoms with Crippen molar-refractivity contribution in [3.8, 4) is 0 Å². The molecule has 1 aromatic heterocycles. The van der Waals surface area contributed by atoms with Gasteiger partial charge < -0.3 is 19.9 Å². The summed E-state index contributed by atoms with van der Waals surface area (Å²) in [6.07, 6.45) is 1.04. The van der Waals surface area contributed by atoms with E-state index < -0.39 is 0 Å². The van der Waals surface area contributed by atoms with Gasteiger partial charge in [0.15, 0.2) is 5.76 Å². The van der Waals surface area contributed by atoms with Crippen molar-refractivity contribution in [1.29, 1.82) is 0 Å². The maximum atomic E-state index is 12.1. The highest BCUT2D eigenvalue weighted by atomic mass is 16.5. The van der Waals surface area contributed by atoms with Crippen LogP contribution in [0.5, 0.6) is 0 Å². The van der Waals surface area contributed by atoms with Gasteiger partial charge >= 0.3 is 0 Å². The third-order valence-corrected chi connectivity index (χ3v) is 3.19. The highest BCUT2D eigenvalue weighted by molar-refractivity contribution is 5.79. The van der Waals surface area contributed by atoms with Gasteiger partial charge in [-0.1, -0.05) is 12.1 Å². The third kappa shape index (κ3) is 3.78. The molecule has 1 fully saturated rings. The summed E-state index contributed by atoms with van der Waals surface area (Å²) < 4.78 is 10.4. The van der Waals surface area contributed by atoms with Crippen molar-refractivity contribution in [3.63, 3.8) is 0 Å². The fourth-order valence-electron chi connectivity index (χ4n) is 2.15. The molecule has 2 atom stereocenters. The number of carbonyl (C=O) groups is 1. The number of carbonyl (C=O) groups excluding carboxylic acids is 1. The van der Waals surface area contributed by atoms with Crippen molar-refractivity contribution in [1.82, 2.24) is 15.8 Å². The molecule has 6 heteroatoms. The molecule has 2 N–H and O–H groups in total. The van der Waals surface area contributed by atoms with Crippen LogP contribution < -0.4 is 10.6 Å². The number of hydrogen-bond acceptors (Lipinski definition) is 5. The minimum absolute atomic E-state index is 0.000145. The van der Waals surface area contributed by atoms with Gasteiger partial charge in [-0.15, -0.1) is 0 Å². The predicted octanol–water partition coefficient (Wildman–Crippen LogP) is 0.614. The van der Waals surface area contributed by atoms with Gasteiger partial charge in [-0.2, -0.15) is 0 Å². The topological polar surface area (TPSA) is 76.4 Å². The zero-order chi connectivity index (χ0) is 13.7. The molecule has 2 heterocycles. The van der Waals surface area contributed by atoms with Crippen molar-refractivity contribution in [2.45, 2.75) is 32.9 Å². The molecule has 0 radical (unpaired) electrons. The zero-order valence-electron chi connectivity index (χ0n) is 11.4. The smallest absolute Gasteiger partial charge is 0.227 e. The molecule has 2 rings (SSSR count). The first kappa shape index (κ1) is 14.0. The Morgan fingerprint density at radius 3 is 3.05 bits per heavy atom. The fraction of sp³-hybridized carbons (Fsp3) is 0.692. The lowest BCUT2D eigenvalue weighted by Crippen LogP contribution is -2.44. The lowest BCUT2D eigenvalue weighted by Gasteiger charge is -2.17. The van der Waals surface area contributed by atoms with E-state index in [4.69, 9.17) is 9.26 Å². The van der Waals surface area contributed by atoms with Crippen LogP contribution >= 0.6 is 0 Å². The average Bonchev–Trinajstić information content (AvgIpc) is 3.02. The highest BCUT2D eigenvalue weighted by Crippen LogP contribution is 2.14. The number of rotatable bonds is 6. The van der Waals surface area contributed by atoms with Crippen LogP contribution in [0, 0.1) is 12.8 Å². The number of aryl methyl sites for hydroxylation is 1. The van der Waals surface area contributed by atoms with Crippen molar-refractivity contribution in [2.24, 2.45) is 5.92 Å². The van der Waals surface area contributed by atoms with Crippen LogP contribution in [0.15, 0.2) is 10.6 Å². The summed E-state index contributed by atoms with van der Waals surface area (Å²) in [5, 5.41) is 10.00. The summed E-state index contributed by atoms with van der Waals surface area (Å²) in [7, 11) is 0. The van der Waals surface area contributed by atoms with Gasteiger partial charge in [-0.05, 0) is 19.9 Å². The first-order valence-electron chi connectivity index (χ1n) is 6.71. The molecule has 2 unspecified atom stereocenters. The van der Waals surface area contributed by atoms with E-state index >= 15 is 0 Å². The van der Waals surface area contributed by atoms with Crippen LogP contribution in [-0.4, -0.2) is 36.9 Å². The van der Waals surface area contributed by atoms with Crippen LogP contribution in [0.4, 0.5) is 0 Å². The second kappa shape index (κ2) is 6.68. The molecule has 1 aliphatic rings. The van der Waals surface area contributed by atoms with E-state index in [-0.39, 0.29) is 17.9 Å². The molecular weight excluding hydrogens is 246 g/mol. The molecule has 6 nitrogen and oxygen atoms in total. The maximum Gasteiger partial charge on any atom is 0.227 e. The molecule has 1 amide bonds. The SMILES string of the molecule is CCCNC1COCC1C(=O)NCc1cc(C)no1. The summed E-state index contributed by atoms with van der Waals surface area (Å²) in [6, 6.07) is 1.93. The standard InChI is InChI=1S/C13H21N3O3/c1-3-4-14-12-8-18-7-11(12)13(17)15-6-10-5-9(2)16-19-10/h5,11-12,14H,3-4,6-8H2,1-2H3,(H,15,17). The number of nitrogens with zero attached hydrogens (tertiary/aromatic N) is 1. The molecule has 0 saturated carbocycles. The second-order valence-electron chi connectivity index (χ2n) is 4.86. The van der Waals surface area contributed by atoms with Gasteiger partial charge in [-0.3, -0.25) is 4.79 Å². The monoisotopic (exact) mass is 267 g/mol. The number of amides is 1. The van der Waals surface area contributed by atoms with Crippen LogP contribution in [-0.2, 0) is 16.1 Å². The predicted molar refractivity (Wildman–Crippen MR) is 69.5 cm³/mol. The Labute approximate surface area is 112 Å². The van der Waals surface area contributed by atoms with Gasteiger partial charge in [0.25, 0.3) is 0 Å². The summed E-state index contributed by atoms with van der Waals surface area (Å²) in [5.74, 6) is 0.540. The first-order chi connectivity index (χ1) is 9.20. The Bertz CT molecular complexity index is 419. The Kier molecular flexibility index (Phi) is 4.93. The number of ether oxygens (including phenoxy) is 1. The third-order valence-electron chi connectivity index (χ3n) is 3.19. The summed E-state index contributed by atoms with van der Waals surface area (Å²) in [5.41, 5.74) is 0.816. The van der Waals surface area contributed by atoms with Crippen LogP contribution in [0.1, 0.15) is 24.8 Å². The lowest BCUT2D eigenvalue weighted by atomic mass is 10.0. The Balaban J connectivity index is 1.81. The molecule has 0 aliphatic carbocycles. The molecular formula is C13H21N3O3. The molecule has 19 heavy (non-hydrogen) atoms. The van der Waals surface area contributed by atoms with Crippen LogP contribution in [0.2, 0.25) is 0 Å². The minimum atomic E-state index is -0.129. The Morgan fingerprint density at radius 1 is 1.53 bits per heavy atom. The Morgan fingerprint density at radius 2 is 2.37 bits per heavy atom. The zero-order valence-corrected chi connectivity index (χ0v) is 11.4. The van der Waals surface area contributed by atoms with E-state index in [1.54, 1.807) is 0 Å². The van der Waals surface area contributed by atoms with Gasteiger partial charge in [-0.25, -0.2) is 0 Å². The second-order valence-corrected chi connectivity index (χ2v) is 4.86. The molecule has 1 aromatic rings. The molecule has 0 aromatic carbocycles. The van der Waals surface area contributed by atoms with Gasteiger partial charge in [0.2, 0.25) is 5.91 Å². The van der Waals surface area contributed by atoms with E-state index in [1.807, 2.05) is 13.0 Å². The van der Waals surface area contributed by atoms with Crippen molar-refractivity contribution in [3.05, 3.63) is 17.5 Å². The lowest BCUT2D eigenvalue weighted by molar-refractivity contribution is -0.125. The van der Waals surface area contributed by atoms with Crippen LogP contribution in [0.25, 0.3) is 0 Å². The Hall–Kier alpha value is -1.40. The molecule has 1 aliphatic heterocycles. The largest absolute Gasteiger partial charge is 0.379 e. The molecule has 1 saturated heterocycles.